The molecule has 1 aliphatic rings. The van der Waals surface area contributed by atoms with Crippen molar-refractivity contribution >= 4 is 22.7 Å². The van der Waals surface area contributed by atoms with Gasteiger partial charge in [0.15, 0.2) is 0 Å². The van der Waals surface area contributed by atoms with E-state index in [9.17, 15) is 13.8 Å². The number of hydrogen-bond acceptors (Lipinski definition) is 3. The van der Waals surface area contributed by atoms with E-state index in [1.165, 1.54) is 6.92 Å². The van der Waals surface area contributed by atoms with Crippen LogP contribution in [0.15, 0.2) is 0 Å². The molecule has 6 heteroatoms. The molecular weight excluding hydrogens is 242 g/mol. The average molecular weight is 261 g/mol. The maximum Gasteiger partial charge on any atom is 0.307 e. The van der Waals surface area contributed by atoms with Crippen LogP contribution in [0.4, 0.5) is 0 Å². The van der Waals surface area contributed by atoms with Crippen molar-refractivity contribution in [3.05, 3.63) is 0 Å². The number of amides is 1. The normalized spacial score (nSPS) is 20.9. The monoisotopic (exact) mass is 261 g/mol. The van der Waals surface area contributed by atoms with Crippen LogP contribution in [0.25, 0.3) is 0 Å². The Bertz CT molecular complexity index is 325. The van der Waals surface area contributed by atoms with Crippen LogP contribution < -0.4 is 0 Å². The number of likely N-dealkylation sites (tertiary alicyclic amines) is 1. The van der Waals surface area contributed by atoms with Crippen LogP contribution in [0.5, 0.6) is 0 Å². The van der Waals surface area contributed by atoms with E-state index in [4.69, 9.17) is 5.11 Å². The van der Waals surface area contributed by atoms with Crippen molar-refractivity contribution < 1.29 is 18.9 Å². The third-order valence-corrected chi connectivity index (χ3v) is 4.81. The Labute approximate surface area is 104 Å². The molecule has 0 aliphatic carbocycles. The molecule has 0 radical (unpaired) electrons. The van der Waals surface area contributed by atoms with Crippen LogP contribution in [0.2, 0.25) is 0 Å². The number of nitrogens with zero attached hydrogens (tertiary/aromatic N) is 1. The Hall–Kier alpha value is -0.910. The highest BCUT2D eigenvalue weighted by Gasteiger charge is 2.28. The van der Waals surface area contributed by atoms with Crippen molar-refractivity contribution in [2.24, 2.45) is 5.92 Å². The topological polar surface area (TPSA) is 74.7 Å². The molecule has 3 atom stereocenters. The van der Waals surface area contributed by atoms with E-state index >= 15 is 0 Å². The summed E-state index contributed by atoms with van der Waals surface area (Å²) in [7, 11) is -1.41. The average Bonchev–Trinajstić information content (AvgIpc) is 2.80. The van der Waals surface area contributed by atoms with E-state index in [1.807, 2.05) is 0 Å². The lowest BCUT2D eigenvalue weighted by Crippen LogP contribution is -2.39. The zero-order valence-electron chi connectivity index (χ0n) is 10.2. The molecule has 1 heterocycles. The molecule has 1 N–H and O–H groups in total. The zero-order chi connectivity index (χ0) is 13.0. The third kappa shape index (κ3) is 3.80. The molecule has 0 bridgehead atoms. The second kappa shape index (κ2) is 6.14. The minimum absolute atomic E-state index is 0.0378. The molecule has 5 nitrogen and oxygen atoms in total. The van der Waals surface area contributed by atoms with Crippen LogP contribution in [-0.4, -0.2) is 50.2 Å². The van der Waals surface area contributed by atoms with Gasteiger partial charge in [0.1, 0.15) is 5.25 Å². The molecule has 0 spiro atoms. The minimum Gasteiger partial charge on any atom is -0.481 e. The summed E-state index contributed by atoms with van der Waals surface area (Å²) >= 11 is 0. The van der Waals surface area contributed by atoms with Crippen molar-refractivity contribution in [3.63, 3.8) is 0 Å². The van der Waals surface area contributed by atoms with Crippen molar-refractivity contribution in [1.29, 1.82) is 0 Å². The largest absolute Gasteiger partial charge is 0.481 e. The Morgan fingerprint density at radius 1 is 1.29 bits per heavy atom. The first-order valence-electron chi connectivity index (χ1n) is 5.82. The molecule has 1 fully saturated rings. The number of aliphatic carboxylic acids is 1. The fourth-order valence-electron chi connectivity index (χ4n) is 1.77. The van der Waals surface area contributed by atoms with Gasteiger partial charge in [0.2, 0.25) is 5.91 Å². The highest BCUT2D eigenvalue weighted by Crippen LogP contribution is 2.13. The van der Waals surface area contributed by atoms with Gasteiger partial charge in [-0.25, -0.2) is 0 Å². The standard InChI is InChI=1S/C11H19NO4S/c1-8(11(14)15)7-17(16)9(2)10(13)12-5-3-4-6-12/h8-9H,3-7H2,1-2H3,(H,14,15). The molecule has 98 valence electrons. The summed E-state index contributed by atoms with van der Waals surface area (Å²) in [6.07, 6.45) is 1.99. The molecule has 0 aromatic heterocycles. The van der Waals surface area contributed by atoms with Gasteiger partial charge in [-0.15, -0.1) is 0 Å². The van der Waals surface area contributed by atoms with Crippen molar-refractivity contribution in [1.82, 2.24) is 4.90 Å². The Morgan fingerprint density at radius 2 is 1.82 bits per heavy atom. The van der Waals surface area contributed by atoms with Crippen molar-refractivity contribution in [3.8, 4) is 0 Å². The van der Waals surface area contributed by atoms with Gasteiger partial charge in [0.05, 0.1) is 5.92 Å². The van der Waals surface area contributed by atoms with Crippen LogP contribution in [0, 0.1) is 5.92 Å². The molecule has 1 amide bonds. The van der Waals surface area contributed by atoms with Crippen LogP contribution in [-0.2, 0) is 20.4 Å². The van der Waals surface area contributed by atoms with Crippen LogP contribution in [0.3, 0.4) is 0 Å². The predicted molar refractivity (Wildman–Crippen MR) is 65.1 cm³/mol. The lowest BCUT2D eigenvalue weighted by atomic mass is 10.2. The summed E-state index contributed by atoms with van der Waals surface area (Å²) in [6, 6.07) is 0. The van der Waals surface area contributed by atoms with E-state index in [1.54, 1.807) is 11.8 Å². The minimum atomic E-state index is -1.41. The molecule has 17 heavy (non-hydrogen) atoms. The Kier molecular flexibility index (Phi) is 5.11. The van der Waals surface area contributed by atoms with Gasteiger partial charge >= 0.3 is 5.97 Å². The van der Waals surface area contributed by atoms with Gasteiger partial charge in [0.25, 0.3) is 0 Å². The molecule has 1 saturated heterocycles. The van der Waals surface area contributed by atoms with Gasteiger partial charge in [0, 0.05) is 29.6 Å². The number of carbonyl (C=O) groups is 2. The molecular formula is C11H19NO4S. The summed E-state index contributed by atoms with van der Waals surface area (Å²) in [6.45, 7) is 4.59. The highest BCUT2D eigenvalue weighted by molar-refractivity contribution is 7.86. The quantitative estimate of drug-likeness (QED) is 0.780. The lowest BCUT2D eigenvalue weighted by Gasteiger charge is -2.20. The van der Waals surface area contributed by atoms with Crippen LogP contribution >= 0.6 is 0 Å². The summed E-state index contributed by atoms with van der Waals surface area (Å²) in [5, 5.41) is 8.13. The Balaban J connectivity index is 2.50. The van der Waals surface area contributed by atoms with Gasteiger partial charge in [-0.05, 0) is 19.8 Å². The van der Waals surface area contributed by atoms with Gasteiger partial charge in [-0.1, -0.05) is 6.92 Å². The van der Waals surface area contributed by atoms with E-state index in [2.05, 4.69) is 0 Å². The number of hydrogen-bond donors (Lipinski definition) is 1. The molecule has 0 aromatic carbocycles. The maximum absolute atomic E-state index is 11.9. The van der Waals surface area contributed by atoms with Crippen LogP contribution in [0.1, 0.15) is 26.7 Å². The summed E-state index contributed by atoms with van der Waals surface area (Å²) < 4.78 is 11.9. The fraction of sp³-hybridized carbons (Fsp3) is 0.818. The highest BCUT2D eigenvalue weighted by atomic mass is 32.2. The van der Waals surface area contributed by atoms with E-state index in [0.717, 1.165) is 25.9 Å². The summed E-state index contributed by atoms with van der Waals surface area (Å²) in [4.78, 5) is 24.3. The number of carbonyl (C=O) groups excluding carboxylic acids is 1. The Morgan fingerprint density at radius 3 is 2.29 bits per heavy atom. The maximum atomic E-state index is 11.9. The smallest absolute Gasteiger partial charge is 0.307 e. The summed E-state index contributed by atoms with van der Waals surface area (Å²) in [5.41, 5.74) is 0. The van der Waals surface area contributed by atoms with Gasteiger partial charge in [-0.2, -0.15) is 0 Å². The number of rotatable bonds is 5. The molecule has 0 saturated carbocycles. The molecule has 1 rings (SSSR count). The van der Waals surface area contributed by atoms with Crippen molar-refractivity contribution in [2.45, 2.75) is 31.9 Å². The fourth-order valence-corrected chi connectivity index (χ4v) is 3.07. The molecule has 0 aromatic rings. The molecule has 3 unspecified atom stereocenters. The van der Waals surface area contributed by atoms with E-state index in [0.29, 0.717) is 0 Å². The lowest BCUT2D eigenvalue weighted by molar-refractivity contribution is -0.140. The first-order valence-corrected chi connectivity index (χ1v) is 7.20. The second-order valence-electron chi connectivity index (χ2n) is 4.46. The molecule has 1 aliphatic heterocycles. The van der Waals surface area contributed by atoms with E-state index < -0.39 is 27.9 Å². The third-order valence-electron chi connectivity index (χ3n) is 3.00. The first kappa shape index (κ1) is 14.2. The predicted octanol–water partition coefficient (Wildman–Crippen LogP) is 0.467. The zero-order valence-corrected chi connectivity index (χ0v) is 11.0. The second-order valence-corrected chi connectivity index (χ2v) is 6.26. The summed E-state index contributed by atoms with van der Waals surface area (Å²) in [5.74, 6) is -1.72. The van der Waals surface area contributed by atoms with Crippen molar-refractivity contribution in [2.75, 3.05) is 18.8 Å². The number of carboxylic acids is 1. The van der Waals surface area contributed by atoms with Gasteiger partial charge in [-0.3, -0.25) is 13.8 Å². The first-order chi connectivity index (χ1) is 7.93. The number of carboxylic acid groups (broad SMARTS) is 1. The SMILES string of the molecule is CC(CS(=O)C(C)C(=O)N1CCCC1)C(=O)O. The van der Waals surface area contributed by atoms with E-state index in [-0.39, 0.29) is 11.7 Å². The van der Waals surface area contributed by atoms with Gasteiger partial charge < -0.3 is 10.0 Å².